The third-order valence-electron chi connectivity index (χ3n) is 13.4. The molecule has 0 bridgehead atoms. The van der Waals surface area contributed by atoms with Gasteiger partial charge in [-0.05, 0) is 154 Å². The minimum absolute atomic E-state index is 0.115. The van der Waals surface area contributed by atoms with Crippen molar-refractivity contribution in [3.05, 3.63) is 182 Å². The Kier molecular flexibility index (Phi) is 64.4. The second-order valence-electron chi connectivity index (χ2n) is 21.3. The lowest BCUT2D eigenvalue weighted by molar-refractivity contribution is -0.167. The number of ether oxygens (including phenoxy) is 3. The Labute approximate surface area is 510 Å². The maximum atomic E-state index is 12.9. The number of carbonyl (C=O) groups is 3. The van der Waals surface area contributed by atoms with Gasteiger partial charge in [0.1, 0.15) is 13.2 Å². The van der Waals surface area contributed by atoms with Crippen LogP contribution in [0.3, 0.4) is 0 Å². The summed E-state index contributed by atoms with van der Waals surface area (Å²) >= 11 is 0. The summed E-state index contributed by atoms with van der Waals surface area (Å²) in [7, 11) is 0. The molecule has 6 heteroatoms. The summed E-state index contributed by atoms with van der Waals surface area (Å²) in [6.45, 7) is 6.32. The molecule has 1 unspecified atom stereocenters. The normalized spacial score (nSPS) is 13.3. The van der Waals surface area contributed by atoms with Gasteiger partial charge >= 0.3 is 17.9 Å². The fraction of sp³-hybridized carbons (Fsp3) is 0.571. The fourth-order valence-corrected chi connectivity index (χ4v) is 8.46. The van der Waals surface area contributed by atoms with Crippen LogP contribution in [-0.4, -0.2) is 37.2 Å². The van der Waals surface area contributed by atoms with Gasteiger partial charge in [-0.25, -0.2) is 0 Å². The van der Waals surface area contributed by atoms with Gasteiger partial charge in [0.25, 0.3) is 0 Å². The molecule has 0 saturated carbocycles. The highest BCUT2D eigenvalue weighted by Crippen LogP contribution is 2.14. The van der Waals surface area contributed by atoms with Crippen molar-refractivity contribution in [2.24, 2.45) is 0 Å². The molecule has 0 radical (unpaired) electrons. The van der Waals surface area contributed by atoms with Crippen LogP contribution in [0.25, 0.3) is 0 Å². The monoisotopic (exact) mass is 1140 g/mol. The Balaban J connectivity index is 4.52. The van der Waals surface area contributed by atoms with E-state index in [1.54, 1.807) is 0 Å². The maximum Gasteiger partial charge on any atom is 0.306 e. The Morgan fingerprint density at radius 3 is 0.783 bits per heavy atom. The molecule has 0 saturated heterocycles. The molecule has 0 aliphatic carbocycles. The lowest BCUT2D eigenvalue weighted by Crippen LogP contribution is -2.30. The van der Waals surface area contributed by atoms with E-state index in [2.05, 4.69) is 203 Å². The number of hydrogen-bond acceptors (Lipinski definition) is 6. The Morgan fingerprint density at radius 1 is 0.253 bits per heavy atom. The summed E-state index contributed by atoms with van der Waals surface area (Å²) in [5.74, 6) is -1.00. The minimum atomic E-state index is -0.824. The van der Waals surface area contributed by atoms with E-state index in [-0.39, 0.29) is 37.5 Å². The first kappa shape index (κ1) is 77.5. The van der Waals surface area contributed by atoms with Crippen molar-refractivity contribution >= 4 is 17.9 Å². The van der Waals surface area contributed by atoms with E-state index < -0.39 is 6.10 Å². The van der Waals surface area contributed by atoms with Gasteiger partial charge in [0, 0.05) is 19.3 Å². The van der Waals surface area contributed by atoms with Gasteiger partial charge in [-0.15, -0.1) is 0 Å². The fourth-order valence-electron chi connectivity index (χ4n) is 8.46. The van der Waals surface area contributed by atoms with Crippen molar-refractivity contribution in [3.63, 3.8) is 0 Å². The number of unbranched alkanes of at least 4 members (excludes halogenated alkanes) is 17. The average molecular weight is 1140 g/mol. The van der Waals surface area contributed by atoms with Gasteiger partial charge in [0.05, 0.1) is 0 Å². The Hall–Kier alpha value is -5.49. The molecule has 0 fully saturated rings. The first-order chi connectivity index (χ1) is 41.0. The van der Waals surface area contributed by atoms with E-state index in [0.717, 1.165) is 161 Å². The molecular weight excluding hydrogens is 1020 g/mol. The smallest absolute Gasteiger partial charge is 0.306 e. The standard InChI is InChI=1S/C77H120O6/c1-4-7-10-13-16-19-22-25-28-30-32-34-35-36-37-38-39-40-41-43-44-46-49-52-55-58-61-64-67-70-76(79)82-73-74(72-81-75(78)69-66-63-60-57-54-51-48-27-24-21-18-15-12-9-6-3)83-77(80)71-68-65-62-59-56-53-50-47-45-42-33-31-29-26-23-20-17-14-11-8-5-2/h7-8,10-11,16-21,25-29,32-34,36-37,39-40,42-44,48-49,52,58,61,74H,4-6,9,12-15,22-24,30-31,35,38,41,45-47,50-51,53-57,59-60,62-73H2,1-3H3/b10-7-,11-8-,19-16-,20-17-,21-18-,28-25-,29-26-,34-32-,37-36-,40-39-,42-33-,44-43-,48-27-,52-49-,61-58-. The highest BCUT2D eigenvalue weighted by Gasteiger charge is 2.19. The van der Waals surface area contributed by atoms with E-state index in [1.165, 1.54) is 57.8 Å². The molecule has 1 atom stereocenters. The second kappa shape index (κ2) is 69.0. The Bertz CT molecular complexity index is 1940. The minimum Gasteiger partial charge on any atom is -0.462 e. The van der Waals surface area contributed by atoms with E-state index >= 15 is 0 Å². The molecule has 83 heavy (non-hydrogen) atoms. The van der Waals surface area contributed by atoms with Crippen LogP contribution in [0.4, 0.5) is 0 Å². The number of allylic oxidation sites excluding steroid dienone is 30. The number of rotatable bonds is 58. The molecule has 0 amide bonds. The topological polar surface area (TPSA) is 78.9 Å². The van der Waals surface area contributed by atoms with Crippen LogP contribution < -0.4 is 0 Å². The summed E-state index contributed by atoms with van der Waals surface area (Å²) in [6.07, 6.45) is 103. The predicted molar refractivity (Wildman–Crippen MR) is 361 cm³/mol. The first-order valence-corrected chi connectivity index (χ1v) is 33.3. The zero-order valence-corrected chi connectivity index (χ0v) is 53.1. The summed E-state index contributed by atoms with van der Waals surface area (Å²) in [6, 6.07) is 0. The lowest BCUT2D eigenvalue weighted by Gasteiger charge is -2.18. The van der Waals surface area contributed by atoms with Crippen molar-refractivity contribution in [2.75, 3.05) is 13.2 Å². The van der Waals surface area contributed by atoms with Gasteiger partial charge in [-0.3, -0.25) is 14.4 Å². The summed E-state index contributed by atoms with van der Waals surface area (Å²) in [5, 5.41) is 0. The maximum absolute atomic E-state index is 12.9. The van der Waals surface area contributed by atoms with E-state index in [9.17, 15) is 14.4 Å². The highest BCUT2D eigenvalue weighted by molar-refractivity contribution is 5.71. The van der Waals surface area contributed by atoms with Crippen molar-refractivity contribution in [1.82, 2.24) is 0 Å². The largest absolute Gasteiger partial charge is 0.462 e. The first-order valence-electron chi connectivity index (χ1n) is 33.3. The average Bonchev–Trinajstić information content (AvgIpc) is 3.49. The summed E-state index contributed by atoms with van der Waals surface area (Å²) in [4.78, 5) is 38.4. The van der Waals surface area contributed by atoms with E-state index in [4.69, 9.17) is 14.2 Å². The van der Waals surface area contributed by atoms with Crippen LogP contribution in [0, 0.1) is 0 Å². The van der Waals surface area contributed by atoms with Crippen LogP contribution in [0.15, 0.2) is 182 Å². The van der Waals surface area contributed by atoms with Gasteiger partial charge in [0.15, 0.2) is 6.10 Å². The second-order valence-corrected chi connectivity index (χ2v) is 21.3. The quantitative estimate of drug-likeness (QED) is 0.0261. The lowest BCUT2D eigenvalue weighted by atomic mass is 10.1. The zero-order valence-electron chi connectivity index (χ0n) is 53.1. The SMILES string of the molecule is CC/C=C\C/C=C\C/C=C\C/C=C\C/C=C\C/C=C\C/C=C\C/C=C\C/C=C\CCCC(=O)OCC(COC(=O)CCCCCCC/C=C\C/C=C\CCCCC)OC(=O)CCCCCCCCCC/C=C\C/C=C\C/C=C\C/C=C\CC. The van der Waals surface area contributed by atoms with Crippen LogP contribution in [0.5, 0.6) is 0 Å². The number of carbonyl (C=O) groups excluding carboxylic acids is 3. The molecule has 0 aromatic heterocycles. The molecule has 0 aromatic rings. The van der Waals surface area contributed by atoms with Crippen LogP contribution in [0.1, 0.15) is 265 Å². The van der Waals surface area contributed by atoms with Crippen molar-refractivity contribution in [1.29, 1.82) is 0 Å². The summed E-state index contributed by atoms with van der Waals surface area (Å²) < 4.78 is 16.9. The van der Waals surface area contributed by atoms with Gasteiger partial charge in [-0.1, -0.05) is 274 Å². The third kappa shape index (κ3) is 67.2. The highest BCUT2D eigenvalue weighted by atomic mass is 16.6. The molecule has 0 heterocycles. The van der Waals surface area contributed by atoms with Crippen molar-refractivity contribution in [3.8, 4) is 0 Å². The van der Waals surface area contributed by atoms with Crippen molar-refractivity contribution in [2.45, 2.75) is 271 Å². The van der Waals surface area contributed by atoms with E-state index in [1.807, 2.05) is 0 Å². The van der Waals surface area contributed by atoms with Gasteiger partial charge < -0.3 is 14.2 Å². The molecule has 0 aromatic carbocycles. The van der Waals surface area contributed by atoms with Gasteiger partial charge in [0.2, 0.25) is 0 Å². The van der Waals surface area contributed by atoms with Crippen LogP contribution in [-0.2, 0) is 28.6 Å². The number of hydrogen-bond donors (Lipinski definition) is 0. The molecule has 464 valence electrons. The van der Waals surface area contributed by atoms with Gasteiger partial charge in [-0.2, -0.15) is 0 Å². The molecule has 0 N–H and O–H groups in total. The Morgan fingerprint density at radius 2 is 0.482 bits per heavy atom. The molecule has 0 rings (SSSR count). The molecular formula is C77H120O6. The predicted octanol–water partition coefficient (Wildman–Crippen LogP) is 23.2. The van der Waals surface area contributed by atoms with Crippen LogP contribution in [0.2, 0.25) is 0 Å². The molecule has 6 nitrogen and oxygen atoms in total. The molecule has 0 aliphatic heterocycles. The molecule has 0 spiro atoms. The van der Waals surface area contributed by atoms with Crippen LogP contribution >= 0.6 is 0 Å². The van der Waals surface area contributed by atoms with E-state index in [0.29, 0.717) is 19.3 Å². The zero-order chi connectivity index (χ0) is 59.9. The summed E-state index contributed by atoms with van der Waals surface area (Å²) in [5.41, 5.74) is 0. The van der Waals surface area contributed by atoms with Crippen molar-refractivity contribution < 1.29 is 28.6 Å². The molecule has 0 aliphatic rings. The third-order valence-corrected chi connectivity index (χ3v) is 13.4. The number of esters is 3.